The van der Waals surface area contributed by atoms with Crippen LogP contribution >= 0.6 is 11.6 Å². The van der Waals surface area contributed by atoms with Crippen molar-refractivity contribution in [2.45, 2.75) is 56.8 Å². The molecule has 1 aliphatic carbocycles. The van der Waals surface area contributed by atoms with Crippen LogP contribution in [0.3, 0.4) is 0 Å². The summed E-state index contributed by atoms with van der Waals surface area (Å²) in [6, 6.07) is 5.79. The summed E-state index contributed by atoms with van der Waals surface area (Å²) in [5.41, 5.74) is 0.392. The van der Waals surface area contributed by atoms with Crippen LogP contribution in [0.15, 0.2) is 18.2 Å². The fourth-order valence-electron chi connectivity index (χ4n) is 3.34. The van der Waals surface area contributed by atoms with Crippen molar-refractivity contribution in [1.82, 2.24) is 5.32 Å². The van der Waals surface area contributed by atoms with E-state index in [9.17, 15) is 5.11 Å². The quantitative estimate of drug-likeness (QED) is 0.835. The van der Waals surface area contributed by atoms with E-state index < -0.39 is 5.60 Å². The standard InChI is InChI=1S/C18H26ClNO3/c19-15-5-6-17(23-16-3-1-2-4-16)14(11-15)12-20-13-18(21)7-9-22-10-8-18/h5-6,11,16,20-21H,1-4,7-10,12-13H2. The summed E-state index contributed by atoms with van der Waals surface area (Å²) in [6.45, 7) is 2.47. The zero-order valence-electron chi connectivity index (χ0n) is 13.5. The molecule has 1 saturated heterocycles. The smallest absolute Gasteiger partial charge is 0.124 e. The van der Waals surface area contributed by atoms with Gasteiger partial charge in [-0.15, -0.1) is 0 Å². The molecule has 23 heavy (non-hydrogen) atoms. The molecule has 128 valence electrons. The lowest BCUT2D eigenvalue weighted by molar-refractivity contribution is -0.0617. The second kappa shape index (κ2) is 7.84. The lowest BCUT2D eigenvalue weighted by atomic mass is 9.94. The normalized spacial score (nSPS) is 21.5. The zero-order valence-corrected chi connectivity index (χ0v) is 14.3. The molecule has 1 saturated carbocycles. The Kier molecular flexibility index (Phi) is 5.81. The average molecular weight is 340 g/mol. The van der Waals surface area contributed by atoms with E-state index in [1.807, 2.05) is 18.2 Å². The predicted molar refractivity (Wildman–Crippen MR) is 91.0 cm³/mol. The van der Waals surface area contributed by atoms with Crippen LogP contribution in [-0.4, -0.2) is 36.6 Å². The largest absolute Gasteiger partial charge is 0.490 e. The second-order valence-corrected chi connectivity index (χ2v) is 7.15. The van der Waals surface area contributed by atoms with E-state index in [4.69, 9.17) is 21.1 Å². The minimum Gasteiger partial charge on any atom is -0.490 e. The Morgan fingerprint density at radius 1 is 1.26 bits per heavy atom. The minimum absolute atomic E-state index is 0.328. The van der Waals surface area contributed by atoms with Gasteiger partial charge < -0.3 is 19.9 Å². The van der Waals surface area contributed by atoms with Crippen molar-refractivity contribution in [1.29, 1.82) is 0 Å². The molecule has 0 atom stereocenters. The molecule has 2 N–H and O–H groups in total. The van der Waals surface area contributed by atoms with Gasteiger partial charge in [0, 0.05) is 49.7 Å². The Hall–Kier alpha value is -0.810. The van der Waals surface area contributed by atoms with Crippen molar-refractivity contribution >= 4 is 11.6 Å². The van der Waals surface area contributed by atoms with E-state index in [1.165, 1.54) is 12.8 Å². The van der Waals surface area contributed by atoms with Crippen LogP contribution in [0.25, 0.3) is 0 Å². The molecule has 0 unspecified atom stereocenters. The van der Waals surface area contributed by atoms with Crippen molar-refractivity contribution in [3.05, 3.63) is 28.8 Å². The molecule has 0 aromatic heterocycles. The summed E-state index contributed by atoms with van der Waals surface area (Å²) < 4.78 is 11.5. The lowest BCUT2D eigenvalue weighted by Gasteiger charge is -2.32. The Morgan fingerprint density at radius 3 is 2.74 bits per heavy atom. The van der Waals surface area contributed by atoms with Gasteiger partial charge in [0.25, 0.3) is 0 Å². The lowest BCUT2D eigenvalue weighted by Crippen LogP contribution is -2.44. The zero-order chi connectivity index (χ0) is 16.1. The third kappa shape index (κ3) is 4.83. The molecule has 3 rings (SSSR count). The molecule has 0 spiro atoms. The van der Waals surface area contributed by atoms with Crippen LogP contribution in [0.2, 0.25) is 5.02 Å². The number of hydrogen-bond acceptors (Lipinski definition) is 4. The molecule has 1 aromatic carbocycles. The molecule has 4 nitrogen and oxygen atoms in total. The molecule has 1 aliphatic heterocycles. The fraction of sp³-hybridized carbons (Fsp3) is 0.667. The highest BCUT2D eigenvalue weighted by atomic mass is 35.5. The van der Waals surface area contributed by atoms with Gasteiger partial charge in [0.1, 0.15) is 5.75 Å². The fourth-order valence-corrected chi connectivity index (χ4v) is 3.54. The number of nitrogens with one attached hydrogen (secondary N) is 1. The molecule has 2 fully saturated rings. The summed E-state index contributed by atoms with van der Waals surface area (Å²) in [4.78, 5) is 0. The first-order valence-corrected chi connectivity index (χ1v) is 8.98. The van der Waals surface area contributed by atoms with E-state index in [2.05, 4.69) is 5.32 Å². The van der Waals surface area contributed by atoms with E-state index in [-0.39, 0.29) is 0 Å². The average Bonchev–Trinajstić information content (AvgIpc) is 3.03. The Bertz CT molecular complexity index is 511. The number of halogens is 1. The van der Waals surface area contributed by atoms with Gasteiger partial charge >= 0.3 is 0 Å². The van der Waals surface area contributed by atoms with Crippen LogP contribution in [0.1, 0.15) is 44.1 Å². The molecule has 1 aromatic rings. The number of ether oxygens (including phenoxy) is 2. The van der Waals surface area contributed by atoms with Gasteiger partial charge in [-0.3, -0.25) is 0 Å². The highest BCUT2D eigenvalue weighted by Gasteiger charge is 2.29. The first-order valence-electron chi connectivity index (χ1n) is 8.61. The van der Waals surface area contributed by atoms with Crippen molar-refractivity contribution in [3.8, 4) is 5.75 Å². The first-order chi connectivity index (χ1) is 11.1. The maximum Gasteiger partial charge on any atom is 0.124 e. The van der Waals surface area contributed by atoms with Crippen molar-refractivity contribution in [3.63, 3.8) is 0 Å². The highest BCUT2D eigenvalue weighted by Crippen LogP contribution is 2.29. The molecule has 0 amide bonds. The van der Waals surface area contributed by atoms with Crippen LogP contribution < -0.4 is 10.1 Å². The molecular weight excluding hydrogens is 314 g/mol. The van der Waals surface area contributed by atoms with E-state index in [0.29, 0.717) is 50.3 Å². The van der Waals surface area contributed by atoms with Gasteiger partial charge in [-0.05, 0) is 43.9 Å². The second-order valence-electron chi connectivity index (χ2n) is 6.72. The molecule has 5 heteroatoms. The van der Waals surface area contributed by atoms with Gasteiger partial charge in [0.05, 0.1) is 11.7 Å². The van der Waals surface area contributed by atoms with E-state index >= 15 is 0 Å². The van der Waals surface area contributed by atoms with Crippen LogP contribution in [-0.2, 0) is 11.3 Å². The van der Waals surface area contributed by atoms with Gasteiger partial charge in [-0.1, -0.05) is 11.6 Å². The number of rotatable bonds is 6. The summed E-state index contributed by atoms with van der Waals surface area (Å²) >= 11 is 6.14. The van der Waals surface area contributed by atoms with Gasteiger partial charge in [-0.25, -0.2) is 0 Å². The molecular formula is C18H26ClNO3. The molecule has 0 bridgehead atoms. The Morgan fingerprint density at radius 2 is 2.00 bits per heavy atom. The maximum atomic E-state index is 10.5. The minimum atomic E-state index is -0.663. The SMILES string of the molecule is OC1(CNCc2cc(Cl)ccc2OC2CCCC2)CCOCC1. The number of hydrogen-bond donors (Lipinski definition) is 2. The van der Waals surface area contributed by atoms with E-state index in [1.54, 1.807) is 0 Å². The maximum absolute atomic E-state index is 10.5. The summed E-state index contributed by atoms with van der Waals surface area (Å²) in [7, 11) is 0. The number of benzene rings is 1. The van der Waals surface area contributed by atoms with Crippen LogP contribution in [0.5, 0.6) is 5.75 Å². The van der Waals surface area contributed by atoms with Crippen LogP contribution in [0, 0.1) is 0 Å². The van der Waals surface area contributed by atoms with Crippen molar-refractivity contribution < 1.29 is 14.6 Å². The topological polar surface area (TPSA) is 50.7 Å². The monoisotopic (exact) mass is 339 g/mol. The van der Waals surface area contributed by atoms with Crippen LogP contribution in [0.4, 0.5) is 0 Å². The molecule has 2 aliphatic rings. The van der Waals surface area contributed by atoms with Gasteiger partial charge in [0.15, 0.2) is 0 Å². The molecule has 0 radical (unpaired) electrons. The Balaban J connectivity index is 1.58. The number of aliphatic hydroxyl groups is 1. The van der Waals surface area contributed by atoms with E-state index in [0.717, 1.165) is 24.2 Å². The van der Waals surface area contributed by atoms with Crippen molar-refractivity contribution in [2.24, 2.45) is 0 Å². The summed E-state index contributed by atoms with van der Waals surface area (Å²) in [5.74, 6) is 0.910. The highest BCUT2D eigenvalue weighted by molar-refractivity contribution is 6.30. The van der Waals surface area contributed by atoms with Gasteiger partial charge in [-0.2, -0.15) is 0 Å². The predicted octanol–water partition coefficient (Wildman–Crippen LogP) is 3.29. The first kappa shape index (κ1) is 17.0. The van der Waals surface area contributed by atoms with Gasteiger partial charge in [0.2, 0.25) is 0 Å². The third-order valence-electron chi connectivity index (χ3n) is 4.81. The Labute approximate surface area is 143 Å². The molecule has 1 heterocycles. The third-order valence-corrected chi connectivity index (χ3v) is 5.05. The van der Waals surface area contributed by atoms with Crippen molar-refractivity contribution in [2.75, 3.05) is 19.8 Å². The summed E-state index contributed by atoms with van der Waals surface area (Å²) in [6.07, 6.45) is 6.46. The summed E-state index contributed by atoms with van der Waals surface area (Å²) in [5, 5.41) is 14.6.